The van der Waals surface area contributed by atoms with Crippen LogP contribution in [0.4, 0.5) is 13.2 Å². The van der Waals surface area contributed by atoms with Crippen LogP contribution in [-0.2, 0) is 5.60 Å². The first-order valence-electron chi connectivity index (χ1n) is 7.72. The Morgan fingerprint density at radius 2 is 1.76 bits per heavy atom. The summed E-state index contributed by atoms with van der Waals surface area (Å²) in [6.45, 7) is 2.28. The van der Waals surface area contributed by atoms with Crippen molar-refractivity contribution in [3.05, 3.63) is 53.9 Å². The summed E-state index contributed by atoms with van der Waals surface area (Å²) in [6, 6.07) is 9.71. The molecular formula is C18H21F3N2O2. The molecule has 2 rings (SSSR count). The average Bonchev–Trinajstić information content (AvgIpc) is 2.56. The van der Waals surface area contributed by atoms with Crippen molar-refractivity contribution < 1.29 is 23.0 Å². The fraction of sp³-hybridized carbons (Fsp3) is 0.333. The van der Waals surface area contributed by atoms with E-state index >= 15 is 0 Å². The number of alkyl halides is 3. The van der Waals surface area contributed by atoms with E-state index in [1.54, 1.807) is 24.3 Å². The molecule has 136 valence electrons. The van der Waals surface area contributed by atoms with Crippen molar-refractivity contribution >= 4 is 10.8 Å². The minimum Gasteiger partial charge on any atom is -0.484 e. The largest absolute Gasteiger partial charge is 0.484 e. The Morgan fingerprint density at radius 3 is 2.32 bits per heavy atom. The SMILES string of the molecule is CC(C)C(O)(/C(N)=C/N)c1ccc2cc(OCC(F)(F)F)ccc2c1. The van der Waals surface area contributed by atoms with E-state index in [2.05, 4.69) is 0 Å². The first kappa shape index (κ1) is 18.9. The molecule has 0 aliphatic carbocycles. The van der Waals surface area contributed by atoms with Crippen molar-refractivity contribution in [3.8, 4) is 5.75 Å². The molecule has 0 bridgehead atoms. The summed E-state index contributed by atoms with van der Waals surface area (Å²) in [5.74, 6) is -0.114. The lowest BCUT2D eigenvalue weighted by Crippen LogP contribution is -2.38. The van der Waals surface area contributed by atoms with Crippen LogP contribution >= 0.6 is 0 Å². The Kier molecular flexibility index (Phi) is 5.17. The van der Waals surface area contributed by atoms with Gasteiger partial charge >= 0.3 is 6.18 Å². The molecule has 0 fully saturated rings. The van der Waals surface area contributed by atoms with Gasteiger partial charge in [-0.05, 0) is 40.5 Å². The standard InChI is InChI=1S/C18H21F3N2O2/c1-11(2)18(24,16(23)9-22)14-5-3-13-8-15(6-4-12(13)7-14)25-10-17(19,20)21/h3-9,11,24H,10,22-23H2,1-2H3/b16-9-. The van der Waals surface area contributed by atoms with Crippen LogP contribution in [-0.4, -0.2) is 17.9 Å². The number of nitrogens with two attached hydrogens (primary N) is 2. The number of rotatable bonds is 5. The maximum atomic E-state index is 12.2. The van der Waals surface area contributed by atoms with Gasteiger partial charge in [0.15, 0.2) is 6.61 Å². The minimum atomic E-state index is -4.39. The van der Waals surface area contributed by atoms with Crippen LogP contribution in [0, 0.1) is 5.92 Å². The Hall–Kier alpha value is -2.41. The Labute approximate surface area is 143 Å². The van der Waals surface area contributed by atoms with Crippen molar-refractivity contribution in [1.29, 1.82) is 0 Å². The molecule has 0 aliphatic heterocycles. The van der Waals surface area contributed by atoms with Gasteiger partial charge in [-0.3, -0.25) is 0 Å². The van der Waals surface area contributed by atoms with Crippen LogP contribution < -0.4 is 16.2 Å². The molecule has 2 aromatic rings. The molecule has 0 aliphatic rings. The van der Waals surface area contributed by atoms with E-state index in [0.29, 0.717) is 10.9 Å². The molecule has 0 saturated heterocycles. The van der Waals surface area contributed by atoms with Gasteiger partial charge in [0.05, 0.1) is 5.70 Å². The molecule has 0 spiro atoms. The molecule has 0 heterocycles. The van der Waals surface area contributed by atoms with E-state index in [9.17, 15) is 18.3 Å². The number of fused-ring (bicyclic) bond motifs is 1. The number of halogens is 3. The third-order valence-corrected chi connectivity index (χ3v) is 4.11. The summed E-state index contributed by atoms with van der Waals surface area (Å²) in [6.07, 6.45) is -3.23. The Balaban J connectivity index is 2.40. The van der Waals surface area contributed by atoms with Crippen LogP contribution in [0.15, 0.2) is 48.3 Å². The van der Waals surface area contributed by atoms with E-state index in [0.717, 1.165) is 11.6 Å². The second-order valence-electron chi connectivity index (χ2n) is 6.17. The molecular weight excluding hydrogens is 333 g/mol. The highest BCUT2D eigenvalue weighted by Gasteiger charge is 2.36. The maximum absolute atomic E-state index is 12.2. The number of hydrogen-bond acceptors (Lipinski definition) is 4. The summed E-state index contributed by atoms with van der Waals surface area (Å²) in [5, 5.41) is 12.4. The van der Waals surface area contributed by atoms with Gasteiger partial charge in [0.1, 0.15) is 11.4 Å². The predicted molar refractivity (Wildman–Crippen MR) is 90.7 cm³/mol. The number of ether oxygens (including phenoxy) is 1. The molecule has 5 N–H and O–H groups in total. The van der Waals surface area contributed by atoms with Gasteiger partial charge in [-0.2, -0.15) is 13.2 Å². The van der Waals surface area contributed by atoms with E-state index < -0.39 is 18.4 Å². The zero-order chi connectivity index (χ0) is 18.8. The molecule has 0 saturated carbocycles. The lowest BCUT2D eigenvalue weighted by molar-refractivity contribution is -0.153. The van der Waals surface area contributed by atoms with Gasteiger partial charge in [-0.25, -0.2) is 0 Å². The van der Waals surface area contributed by atoms with Crippen LogP contribution in [0.5, 0.6) is 5.75 Å². The molecule has 0 radical (unpaired) electrons. The Bertz CT molecular complexity index is 787. The summed E-state index contributed by atoms with van der Waals surface area (Å²) in [7, 11) is 0. The topological polar surface area (TPSA) is 81.5 Å². The third kappa shape index (κ3) is 3.99. The van der Waals surface area contributed by atoms with Gasteiger partial charge in [0.25, 0.3) is 0 Å². The van der Waals surface area contributed by atoms with E-state index in [1.165, 1.54) is 12.1 Å². The lowest BCUT2D eigenvalue weighted by atomic mass is 9.80. The summed E-state index contributed by atoms with van der Waals surface area (Å²) >= 11 is 0. The smallest absolute Gasteiger partial charge is 0.422 e. The van der Waals surface area contributed by atoms with Crippen molar-refractivity contribution in [2.45, 2.75) is 25.6 Å². The molecule has 7 heteroatoms. The number of aliphatic hydroxyl groups is 1. The second kappa shape index (κ2) is 6.84. The van der Waals surface area contributed by atoms with Gasteiger partial charge in [0, 0.05) is 6.20 Å². The fourth-order valence-electron chi connectivity index (χ4n) is 2.68. The first-order valence-corrected chi connectivity index (χ1v) is 7.72. The van der Waals surface area contributed by atoms with Crippen LogP contribution in [0.2, 0.25) is 0 Å². The van der Waals surface area contributed by atoms with Crippen molar-refractivity contribution in [2.24, 2.45) is 17.4 Å². The molecule has 0 amide bonds. The molecule has 25 heavy (non-hydrogen) atoms. The van der Waals surface area contributed by atoms with Crippen molar-refractivity contribution in [1.82, 2.24) is 0 Å². The normalized spacial score (nSPS) is 15.4. The van der Waals surface area contributed by atoms with Gasteiger partial charge < -0.3 is 21.3 Å². The second-order valence-corrected chi connectivity index (χ2v) is 6.17. The Morgan fingerprint density at radius 1 is 1.16 bits per heavy atom. The summed E-state index contributed by atoms with van der Waals surface area (Å²) < 4.78 is 41.5. The molecule has 0 aromatic heterocycles. The molecule has 1 atom stereocenters. The highest BCUT2D eigenvalue weighted by molar-refractivity contribution is 5.84. The van der Waals surface area contributed by atoms with Crippen LogP contribution in [0.3, 0.4) is 0 Å². The van der Waals surface area contributed by atoms with Gasteiger partial charge in [-0.1, -0.05) is 32.0 Å². The zero-order valence-corrected chi connectivity index (χ0v) is 14.0. The zero-order valence-electron chi connectivity index (χ0n) is 14.0. The molecule has 4 nitrogen and oxygen atoms in total. The quantitative estimate of drug-likeness (QED) is 0.769. The lowest BCUT2D eigenvalue weighted by Gasteiger charge is -2.33. The van der Waals surface area contributed by atoms with E-state index in [4.69, 9.17) is 16.2 Å². The van der Waals surface area contributed by atoms with Gasteiger partial charge in [0.2, 0.25) is 0 Å². The first-order chi connectivity index (χ1) is 11.6. The number of hydrogen-bond donors (Lipinski definition) is 3. The summed E-state index contributed by atoms with van der Waals surface area (Å²) in [4.78, 5) is 0. The van der Waals surface area contributed by atoms with E-state index in [1.807, 2.05) is 13.8 Å². The molecule has 1 unspecified atom stereocenters. The highest BCUT2D eigenvalue weighted by atomic mass is 19.4. The third-order valence-electron chi connectivity index (χ3n) is 4.11. The highest BCUT2D eigenvalue weighted by Crippen LogP contribution is 2.36. The van der Waals surface area contributed by atoms with E-state index in [-0.39, 0.29) is 17.4 Å². The molecule has 2 aromatic carbocycles. The van der Waals surface area contributed by atoms with Crippen molar-refractivity contribution in [2.75, 3.05) is 6.61 Å². The summed E-state index contributed by atoms with van der Waals surface area (Å²) in [5.41, 5.74) is 10.6. The van der Waals surface area contributed by atoms with Crippen LogP contribution in [0.1, 0.15) is 19.4 Å². The average molecular weight is 354 g/mol. The predicted octanol–water partition coefficient (Wildman–Crippen LogP) is 3.38. The number of benzene rings is 2. The fourth-order valence-corrected chi connectivity index (χ4v) is 2.68. The monoisotopic (exact) mass is 354 g/mol. The minimum absolute atomic E-state index is 0.123. The van der Waals surface area contributed by atoms with Crippen LogP contribution in [0.25, 0.3) is 10.8 Å². The maximum Gasteiger partial charge on any atom is 0.422 e. The van der Waals surface area contributed by atoms with Crippen molar-refractivity contribution in [3.63, 3.8) is 0 Å². The van der Waals surface area contributed by atoms with Gasteiger partial charge in [-0.15, -0.1) is 0 Å².